The van der Waals surface area contributed by atoms with E-state index >= 15 is 0 Å². The van der Waals surface area contributed by atoms with Crippen molar-refractivity contribution in [3.05, 3.63) is 139 Å². The Bertz CT molecular complexity index is 2690. The van der Waals surface area contributed by atoms with Gasteiger partial charge in [-0.15, -0.1) is 0 Å². The number of para-hydroxylation sites is 3. The summed E-state index contributed by atoms with van der Waals surface area (Å²) in [7, 11) is 0. The molecule has 0 unspecified atom stereocenters. The number of furan rings is 1. The van der Waals surface area contributed by atoms with Crippen molar-refractivity contribution >= 4 is 54.5 Å². The fourth-order valence-electron chi connectivity index (χ4n) is 7.68. The summed E-state index contributed by atoms with van der Waals surface area (Å²) in [5.74, 6) is 1.57. The summed E-state index contributed by atoms with van der Waals surface area (Å²) >= 11 is 0. The van der Waals surface area contributed by atoms with Crippen molar-refractivity contribution in [2.45, 2.75) is 19.3 Å². The zero-order valence-corrected chi connectivity index (χ0v) is 24.9. The number of aromatic nitrogens is 3. The monoisotopic (exact) mass is 577 g/mol. The lowest BCUT2D eigenvalue weighted by molar-refractivity contribution is 0.650. The molecule has 1 aliphatic rings. The van der Waals surface area contributed by atoms with Crippen LogP contribution in [0.25, 0.3) is 83.0 Å². The fourth-order valence-corrected chi connectivity index (χ4v) is 7.68. The maximum atomic E-state index is 6.50. The third kappa shape index (κ3) is 3.26. The highest BCUT2D eigenvalue weighted by atomic mass is 16.3. The van der Waals surface area contributed by atoms with E-state index < -0.39 is 0 Å². The smallest absolute Gasteiger partial charge is 0.165 e. The van der Waals surface area contributed by atoms with E-state index in [1.165, 1.54) is 27.1 Å². The molecular formula is C41H27N3O. The SMILES string of the molecule is CC1(C)c2ccccc2-c2nc(-c3cccc4c3oc3ccccc34)nc(-n3c4ccccc4c4cc5ccccc5cc43)c21. The Hall–Kier alpha value is -5.74. The van der Waals surface area contributed by atoms with Crippen LogP contribution in [-0.4, -0.2) is 14.5 Å². The van der Waals surface area contributed by atoms with Gasteiger partial charge in [-0.3, -0.25) is 4.57 Å². The van der Waals surface area contributed by atoms with Crippen molar-refractivity contribution in [1.29, 1.82) is 0 Å². The fraction of sp³-hybridized carbons (Fsp3) is 0.0732. The van der Waals surface area contributed by atoms with Gasteiger partial charge in [0.15, 0.2) is 5.82 Å². The molecule has 3 aromatic heterocycles. The van der Waals surface area contributed by atoms with Gasteiger partial charge >= 0.3 is 0 Å². The predicted octanol–water partition coefficient (Wildman–Crippen LogP) is 10.6. The Morgan fingerprint density at radius 1 is 0.578 bits per heavy atom. The van der Waals surface area contributed by atoms with E-state index in [1.54, 1.807) is 0 Å². The van der Waals surface area contributed by atoms with Crippen LogP contribution in [0.1, 0.15) is 25.0 Å². The average molecular weight is 578 g/mol. The summed E-state index contributed by atoms with van der Waals surface area (Å²) < 4.78 is 8.87. The molecule has 4 nitrogen and oxygen atoms in total. The minimum absolute atomic E-state index is 0.306. The summed E-state index contributed by atoms with van der Waals surface area (Å²) in [5, 5.41) is 7.01. The Kier molecular flexibility index (Phi) is 4.76. The molecule has 4 heteroatoms. The summed E-state index contributed by atoms with van der Waals surface area (Å²) in [4.78, 5) is 10.9. The molecule has 9 aromatic rings. The van der Waals surface area contributed by atoms with Crippen molar-refractivity contribution < 1.29 is 4.42 Å². The van der Waals surface area contributed by atoms with Gasteiger partial charge in [0.1, 0.15) is 17.0 Å². The summed E-state index contributed by atoms with van der Waals surface area (Å²) in [6, 6.07) is 45.1. The van der Waals surface area contributed by atoms with Gasteiger partial charge in [0.2, 0.25) is 0 Å². The standard InChI is InChI=1S/C41H27N3O/c1-41(2)32-19-8-5-16-29(32)37-36(41)40(43-39(42-37)30-18-11-17-28-27-15-7-10-21-35(27)45-38(28)30)44-33-20-9-6-14-26(33)31-22-24-12-3-4-13-25(24)23-34(31)44/h3-23H,1-2H3. The van der Waals surface area contributed by atoms with E-state index in [2.05, 4.69) is 134 Å². The number of nitrogens with zero attached hydrogens (tertiary/aromatic N) is 3. The minimum atomic E-state index is -0.306. The van der Waals surface area contributed by atoms with Crippen molar-refractivity contribution in [3.8, 4) is 28.5 Å². The molecule has 0 atom stereocenters. The molecule has 45 heavy (non-hydrogen) atoms. The first-order valence-electron chi connectivity index (χ1n) is 15.4. The van der Waals surface area contributed by atoms with Gasteiger partial charge in [-0.2, -0.15) is 0 Å². The van der Waals surface area contributed by atoms with Crippen LogP contribution >= 0.6 is 0 Å². The zero-order chi connectivity index (χ0) is 29.9. The third-order valence-electron chi connectivity index (χ3n) is 9.77. The zero-order valence-electron chi connectivity index (χ0n) is 24.9. The molecular weight excluding hydrogens is 550 g/mol. The van der Waals surface area contributed by atoms with E-state index in [-0.39, 0.29) is 5.41 Å². The average Bonchev–Trinajstić information content (AvgIpc) is 3.69. The molecule has 1 aliphatic carbocycles. The second kappa shape index (κ2) is 8.67. The molecule has 6 aromatic carbocycles. The van der Waals surface area contributed by atoms with Crippen molar-refractivity contribution in [3.63, 3.8) is 0 Å². The highest BCUT2D eigenvalue weighted by molar-refractivity contribution is 6.14. The number of fused-ring (bicyclic) bond motifs is 10. The molecule has 0 fully saturated rings. The summed E-state index contributed by atoms with van der Waals surface area (Å²) in [5.41, 5.74) is 9.06. The highest BCUT2D eigenvalue weighted by Gasteiger charge is 2.41. The van der Waals surface area contributed by atoms with Gasteiger partial charge in [0.05, 0.1) is 22.3 Å². The van der Waals surface area contributed by atoms with E-state index in [4.69, 9.17) is 14.4 Å². The molecule has 0 aliphatic heterocycles. The quantitative estimate of drug-likeness (QED) is 0.205. The normalized spacial score (nSPS) is 13.7. The van der Waals surface area contributed by atoms with E-state index in [0.29, 0.717) is 5.82 Å². The van der Waals surface area contributed by atoms with Crippen LogP contribution in [0.2, 0.25) is 0 Å². The number of benzene rings is 6. The van der Waals surface area contributed by atoms with Crippen LogP contribution in [0.15, 0.2) is 132 Å². The largest absolute Gasteiger partial charge is 0.455 e. The van der Waals surface area contributed by atoms with E-state index in [0.717, 1.165) is 61.2 Å². The number of hydrogen-bond donors (Lipinski definition) is 0. The lowest BCUT2D eigenvalue weighted by Crippen LogP contribution is -2.19. The Morgan fingerprint density at radius 3 is 2.16 bits per heavy atom. The Morgan fingerprint density at radius 2 is 1.27 bits per heavy atom. The van der Waals surface area contributed by atoms with Gasteiger partial charge < -0.3 is 4.42 Å². The van der Waals surface area contributed by atoms with Gasteiger partial charge in [0.25, 0.3) is 0 Å². The topological polar surface area (TPSA) is 43.9 Å². The maximum Gasteiger partial charge on any atom is 0.165 e. The predicted molar refractivity (Wildman–Crippen MR) is 184 cm³/mol. The van der Waals surface area contributed by atoms with Crippen LogP contribution in [0.5, 0.6) is 0 Å². The molecule has 10 rings (SSSR count). The second-order valence-corrected chi connectivity index (χ2v) is 12.6. The van der Waals surface area contributed by atoms with Crippen molar-refractivity contribution in [1.82, 2.24) is 14.5 Å². The van der Waals surface area contributed by atoms with E-state index in [9.17, 15) is 0 Å². The van der Waals surface area contributed by atoms with Crippen molar-refractivity contribution in [2.75, 3.05) is 0 Å². The molecule has 3 heterocycles. The molecule has 0 radical (unpaired) electrons. The van der Waals surface area contributed by atoms with E-state index in [1.807, 2.05) is 12.1 Å². The number of rotatable bonds is 2. The molecule has 212 valence electrons. The molecule has 0 spiro atoms. The van der Waals surface area contributed by atoms with Crippen LogP contribution < -0.4 is 0 Å². The highest BCUT2D eigenvalue weighted by Crippen LogP contribution is 2.51. The van der Waals surface area contributed by atoms with Gasteiger partial charge in [0, 0.05) is 38.1 Å². The molecule has 0 N–H and O–H groups in total. The molecule has 0 saturated heterocycles. The lowest BCUT2D eigenvalue weighted by atomic mass is 9.82. The van der Waals surface area contributed by atoms with Crippen LogP contribution in [0, 0.1) is 0 Å². The third-order valence-corrected chi connectivity index (χ3v) is 9.77. The summed E-state index contributed by atoms with van der Waals surface area (Å²) in [6.45, 7) is 4.60. The molecule has 0 amide bonds. The first-order chi connectivity index (χ1) is 22.1. The van der Waals surface area contributed by atoms with Crippen LogP contribution in [-0.2, 0) is 5.41 Å². The Balaban J connectivity index is 1.38. The van der Waals surface area contributed by atoms with Crippen molar-refractivity contribution in [2.24, 2.45) is 0 Å². The van der Waals surface area contributed by atoms with Gasteiger partial charge in [-0.05, 0) is 46.7 Å². The molecule has 0 saturated carbocycles. The maximum absolute atomic E-state index is 6.50. The minimum Gasteiger partial charge on any atom is -0.455 e. The summed E-state index contributed by atoms with van der Waals surface area (Å²) in [6.07, 6.45) is 0. The second-order valence-electron chi connectivity index (χ2n) is 12.6. The van der Waals surface area contributed by atoms with Gasteiger partial charge in [-0.1, -0.05) is 111 Å². The van der Waals surface area contributed by atoms with Crippen LogP contribution in [0.3, 0.4) is 0 Å². The molecule has 0 bridgehead atoms. The Labute approximate surface area is 259 Å². The first kappa shape index (κ1) is 24.7. The first-order valence-corrected chi connectivity index (χ1v) is 15.4. The van der Waals surface area contributed by atoms with Gasteiger partial charge in [-0.25, -0.2) is 9.97 Å². The lowest BCUT2D eigenvalue weighted by Gasteiger charge is -2.24. The number of hydrogen-bond acceptors (Lipinski definition) is 3. The van der Waals surface area contributed by atoms with Crippen LogP contribution in [0.4, 0.5) is 0 Å².